The molecule has 6 heteroatoms. The van der Waals surface area contributed by atoms with Crippen molar-refractivity contribution >= 4 is 26.9 Å². The second-order valence-electron chi connectivity index (χ2n) is 4.09. The molecule has 0 aliphatic carbocycles. The van der Waals surface area contributed by atoms with Crippen LogP contribution in [0.1, 0.15) is 25.8 Å². The predicted molar refractivity (Wildman–Crippen MR) is 75.7 cm³/mol. The Morgan fingerprint density at radius 2 is 1.68 bits per heavy atom. The molecule has 1 aromatic carbocycles. The largest absolute Gasteiger partial charge is 0.281 e. The van der Waals surface area contributed by atoms with E-state index in [0.717, 1.165) is 5.56 Å². The van der Waals surface area contributed by atoms with Crippen LogP contribution in [0.15, 0.2) is 29.2 Å². The molecule has 106 valence electrons. The summed E-state index contributed by atoms with van der Waals surface area (Å²) >= 11 is 5.27. The second kappa shape index (κ2) is 7.03. The lowest BCUT2D eigenvalue weighted by atomic mass is 10.1. The minimum Gasteiger partial charge on any atom is -0.281 e. The van der Waals surface area contributed by atoms with Gasteiger partial charge in [0.05, 0.1) is 4.90 Å². The van der Waals surface area contributed by atoms with E-state index in [0.29, 0.717) is 19.5 Å². The molecule has 0 amide bonds. The predicted octanol–water partition coefficient (Wildman–Crippen LogP) is 2.42. The van der Waals surface area contributed by atoms with Gasteiger partial charge in [-0.15, -0.1) is 0 Å². The van der Waals surface area contributed by atoms with Gasteiger partial charge in [0.25, 0.3) is 0 Å². The molecule has 0 atom stereocenters. The summed E-state index contributed by atoms with van der Waals surface area (Å²) in [4.78, 5) is 10.9. The Bertz CT molecular complexity index is 521. The van der Waals surface area contributed by atoms with Gasteiger partial charge in [0, 0.05) is 19.5 Å². The molecule has 0 unspecified atom stereocenters. The quantitative estimate of drug-likeness (QED) is 0.727. The fourth-order valence-corrected chi connectivity index (χ4v) is 3.34. The first-order valence-corrected chi connectivity index (χ1v) is 8.01. The molecule has 0 aliphatic heterocycles. The van der Waals surface area contributed by atoms with Gasteiger partial charge in [0.15, 0.2) is 0 Å². The summed E-state index contributed by atoms with van der Waals surface area (Å²) < 4.78 is 25.9. The number of nitrogens with zero attached hydrogens (tertiary/aromatic N) is 1. The number of hydrogen-bond donors (Lipinski definition) is 0. The summed E-state index contributed by atoms with van der Waals surface area (Å²) in [6.45, 7) is 4.51. The number of carbonyl (C=O) groups is 1. The van der Waals surface area contributed by atoms with Crippen molar-refractivity contribution in [3.8, 4) is 0 Å². The van der Waals surface area contributed by atoms with Crippen molar-refractivity contribution in [3.63, 3.8) is 0 Å². The van der Waals surface area contributed by atoms with Gasteiger partial charge in [0.2, 0.25) is 15.3 Å². The van der Waals surface area contributed by atoms with Gasteiger partial charge in [-0.25, -0.2) is 8.42 Å². The summed E-state index contributed by atoms with van der Waals surface area (Å²) in [6, 6.07) is 6.58. The Kier molecular flexibility index (Phi) is 5.97. The Labute approximate surface area is 119 Å². The smallest absolute Gasteiger partial charge is 0.243 e. The van der Waals surface area contributed by atoms with Crippen molar-refractivity contribution in [1.29, 1.82) is 0 Å². The first-order chi connectivity index (χ1) is 8.91. The Morgan fingerprint density at radius 3 is 2.11 bits per heavy atom. The minimum absolute atomic E-state index is 0.254. The van der Waals surface area contributed by atoms with Crippen LogP contribution in [0.5, 0.6) is 0 Å². The lowest BCUT2D eigenvalue weighted by Gasteiger charge is -2.18. The number of benzene rings is 1. The molecule has 0 spiro atoms. The zero-order valence-electron chi connectivity index (χ0n) is 11.1. The number of sulfonamides is 1. The fourth-order valence-electron chi connectivity index (χ4n) is 1.78. The molecule has 0 aromatic heterocycles. The molecular weight excluding hydrogens is 286 g/mol. The van der Waals surface area contributed by atoms with Crippen LogP contribution in [0.2, 0.25) is 0 Å². The van der Waals surface area contributed by atoms with E-state index in [2.05, 4.69) is 0 Å². The summed E-state index contributed by atoms with van der Waals surface area (Å²) in [5.41, 5.74) is 0.896. The van der Waals surface area contributed by atoms with Crippen molar-refractivity contribution in [3.05, 3.63) is 29.8 Å². The molecule has 0 bridgehead atoms. The van der Waals surface area contributed by atoms with Crippen LogP contribution in [-0.2, 0) is 21.2 Å². The monoisotopic (exact) mass is 303 g/mol. The van der Waals surface area contributed by atoms with Crippen molar-refractivity contribution in [2.45, 2.75) is 31.6 Å². The molecule has 1 rings (SSSR count). The van der Waals surface area contributed by atoms with E-state index in [1.165, 1.54) is 4.31 Å². The summed E-state index contributed by atoms with van der Waals surface area (Å²) in [5.74, 6) is 0. The lowest BCUT2D eigenvalue weighted by Crippen LogP contribution is -2.30. The summed E-state index contributed by atoms with van der Waals surface area (Å²) in [6.07, 6.45) is 0.775. The van der Waals surface area contributed by atoms with Gasteiger partial charge in [-0.1, -0.05) is 26.0 Å². The van der Waals surface area contributed by atoms with Crippen molar-refractivity contribution in [2.24, 2.45) is 0 Å². The summed E-state index contributed by atoms with van der Waals surface area (Å²) in [7, 11) is -3.41. The first kappa shape index (κ1) is 16.1. The fraction of sp³-hybridized carbons (Fsp3) is 0.462. The van der Waals surface area contributed by atoms with E-state index >= 15 is 0 Å². The molecule has 0 radical (unpaired) electrons. The highest BCUT2D eigenvalue weighted by Gasteiger charge is 2.20. The normalized spacial score (nSPS) is 11.8. The highest BCUT2D eigenvalue weighted by Crippen LogP contribution is 2.17. The maximum Gasteiger partial charge on any atom is 0.243 e. The van der Waals surface area contributed by atoms with E-state index in [1.54, 1.807) is 24.3 Å². The zero-order valence-corrected chi connectivity index (χ0v) is 12.7. The molecule has 4 nitrogen and oxygen atoms in total. The maximum absolute atomic E-state index is 12.2. The van der Waals surface area contributed by atoms with Crippen molar-refractivity contribution in [1.82, 2.24) is 4.31 Å². The molecule has 0 N–H and O–H groups in total. The average Bonchev–Trinajstić information content (AvgIpc) is 2.38. The number of halogens is 1. The molecule has 0 saturated carbocycles. The van der Waals surface area contributed by atoms with Crippen molar-refractivity contribution in [2.75, 3.05) is 13.1 Å². The van der Waals surface area contributed by atoms with E-state index in [-0.39, 0.29) is 16.6 Å². The third kappa shape index (κ3) is 4.30. The van der Waals surface area contributed by atoms with Gasteiger partial charge < -0.3 is 0 Å². The topological polar surface area (TPSA) is 54.5 Å². The standard InChI is InChI=1S/C13H18ClNO3S/c1-3-15(4-2)19(17,18)12-8-5-11(6-9-12)7-10-13(14)16/h5-6,8-9H,3-4,7,10H2,1-2H3. The van der Waals surface area contributed by atoms with E-state index in [9.17, 15) is 13.2 Å². The molecule has 0 aliphatic rings. The molecule has 1 aromatic rings. The Hall–Kier alpha value is -0.910. The Morgan fingerprint density at radius 1 is 1.16 bits per heavy atom. The number of aryl methyl sites for hydroxylation is 1. The van der Waals surface area contributed by atoms with Gasteiger partial charge in [-0.05, 0) is 35.7 Å². The van der Waals surface area contributed by atoms with Gasteiger partial charge in [-0.2, -0.15) is 4.31 Å². The third-order valence-electron chi connectivity index (χ3n) is 2.88. The van der Waals surface area contributed by atoms with Gasteiger partial charge in [-0.3, -0.25) is 4.79 Å². The molecular formula is C13H18ClNO3S. The maximum atomic E-state index is 12.2. The summed E-state index contributed by atoms with van der Waals surface area (Å²) in [5, 5.41) is -0.389. The van der Waals surface area contributed by atoms with Crippen LogP contribution >= 0.6 is 11.6 Å². The van der Waals surface area contributed by atoms with E-state index < -0.39 is 10.0 Å². The highest BCUT2D eigenvalue weighted by atomic mass is 35.5. The minimum atomic E-state index is -3.41. The molecule has 19 heavy (non-hydrogen) atoms. The lowest BCUT2D eigenvalue weighted by molar-refractivity contribution is -0.111. The van der Waals surface area contributed by atoms with E-state index in [4.69, 9.17) is 11.6 Å². The van der Waals surface area contributed by atoms with Gasteiger partial charge in [0.1, 0.15) is 0 Å². The van der Waals surface area contributed by atoms with Crippen molar-refractivity contribution < 1.29 is 13.2 Å². The number of hydrogen-bond acceptors (Lipinski definition) is 3. The average molecular weight is 304 g/mol. The highest BCUT2D eigenvalue weighted by molar-refractivity contribution is 7.89. The van der Waals surface area contributed by atoms with Crippen LogP contribution < -0.4 is 0 Å². The van der Waals surface area contributed by atoms with Gasteiger partial charge >= 0.3 is 0 Å². The van der Waals surface area contributed by atoms with Crippen LogP contribution in [0.3, 0.4) is 0 Å². The zero-order chi connectivity index (χ0) is 14.5. The number of rotatable bonds is 7. The van der Waals surface area contributed by atoms with Crippen LogP contribution in [0.25, 0.3) is 0 Å². The number of carbonyl (C=O) groups excluding carboxylic acids is 1. The van der Waals surface area contributed by atoms with Crippen LogP contribution in [0.4, 0.5) is 0 Å². The molecule has 0 fully saturated rings. The molecule has 0 saturated heterocycles. The Balaban J connectivity index is 2.89. The third-order valence-corrected chi connectivity index (χ3v) is 5.13. The SMILES string of the molecule is CCN(CC)S(=O)(=O)c1ccc(CCC(=O)Cl)cc1. The first-order valence-electron chi connectivity index (χ1n) is 6.19. The van der Waals surface area contributed by atoms with E-state index in [1.807, 2.05) is 13.8 Å². The van der Waals surface area contributed by atoms with Crippen LogP contribution in [-0.4, -0.2) is 31.1 Å². The van der Waals surface area contributed by atoms with Crippen LogP contribution in [0, 0.1) is 0 Å². The second-order valence-corrected chi connectivity index (χ2v) is 6.45. The molecule has 0 heterocycles.